The van der Waals surface area contributed by atoms with Crippen LogP contribution in [0.5, 0.6) is 0 Å². The van der Waals surface area contributed by atoms with Gasteiger partial charge in [-0.15, -0.1) is 11.3 Å². The Kier molecular flexibility index (Phi) is 1.80. The molecule has 0 bridgehead atoms. The summed E-state index contributed by atoms with van der Waals surface area (Å²) in [5, 5.41) is 1.99. The zero-order chi connectivity index (χ0) is 9.47. The predicted molar refractivity (Wildman–Crippen MR) is 50.8 cm³/mol. The SMILES string of the molecule is CN1CC(C)(c2cccs2)OC1=O. The fraction of sp³-hybridized carbons (Fsp3) is 0.444. The van der Waals surface area contributed by atoms with Crippen molar-refractivity contribution in [2.24, 2.45) is 0 Å². The van der Waals surface area contributed by atoms with Gasteiger partial charge in [-0.25, -0.2) is 4.79 Å². The van der Waals surface area contributed by atoms with Crippen LogP contribution in [0.4, 0.5) is 4.79 Å². The van der Waals surface area contributed by atoms with Gasteiger partial charge in [0.05, 0.1) is 6.54 Å². The van der Waals surface area contributed by atoms with E-state index >= 15 is 0 Å². The topological polar surface area (TPSA) is 29.5 Å². The molecule has 3 nitrogen and oxygen atoms in total. The summed E-state index contributed by atoms with van der Waals surface area (Å²) in [4.78, 5) is 13.9. The minimum atomic E-state index is -0.444. The number of carbonyl (C=O) groups excluding carboxylic acids is 1. The Morgan fingerprint density at radius 2 is 2.46 bits per heavy atom. The van der Waals surface area contributed by atoms with Gasteiger partial charge < -0.3 is 9.64 Å². The lowest BCUT2D eigenvalue weighted by molar-refractivity contribution is 0.0729. The lowest BCUT2D eigenvalue weighted by Crippen LogP contribution is -2.25. The molecule has 0 saturated carbocycles. The molecule has 0 N–H and O–H groups in total. The van der Waals surface area contributed by atoms with Gasteiger partial charge in [0, 0.05) is 11.9 Å². The fourth-order valence-corrected chi connectivity index (χ4v) is 2.34. The van der Waals surface area contributed by atoms with E-state index in [9.17, 15) is 4.79 Å². The highest BCUT2D eigenvalue weighted by Gasteiger charge is 2.41. The van der Waals surface area contributed by atoms with Crippen LogP contribution in [0.1, 0.15) is 11.8 Å². The minimum absolute atomic E-state index is 0.240. The molecule has 1 fully saturated rings. The van der Waals surface area contributed by atoms with Gasteiger partial charge in [0.25, 0.3) is 0 Å². The fourth-order valence-electron chi connectivity index (χ4n) is 1.53. The number of carbonyl (C=O) groups is 1. The number of hydrogen-bond acceptors (Lipinski definition) is 3. The van der Waals surface area contributed by atoms with Crippen LogP contribution in [0.3, 0.4) is 0 Å². The summed E-state index contributed by atoms with van der Waals surface area (Å²) in [5.74, 6) is 0. The van der Waals surface area contributed by atoms with Gasteiger partial charge in [-0.05, 0) is 18.4 Å². The Hall–Kier alpha value is -1.03. The molecule has 1 unspecified atom stereocenters. The van der Waals surface area contributed by atoms with Gasteiger partial charge in [0.15, 0.2) is 5.60 Å². The molecule has 2 rings (SSSR count). The molecule has 0 spiro atoms. The monoisotopic (exact) mass is 197 g/mol. The number of ether oxygens (including phenoxy) is 1. The van der Waals surface area contributed by atoms with E-state index in [4.69, 9.17) is 4.74 Å². The van der Waals surface area contributed by atoms with Gasteiger partial charge in [0.2, 0.25) is 0 Å². The van der Waals surface area contributed by atoms with Gasteiger partial charge in [-0.2, -0.15) is 0 Å². The van der Waals surface area contributed by atoms with Crippen LogP contribution in [0.25, 0.3) is 0 Å². The molecule has 70 valence electrons. The van der Waals surface area contributed by atoms with Crippen molar-refractivity contribution in [3.8, 4) is 0 Å². The molecule has 1 aromatic heterocycles. The lowest BCUT2D eigenvalue weighted by atomic mass is 10.1. The second-order valence-electron chi connectivity index (χ2n) is 3.43. The Morgan fingerprint density at radius 1 is 1.69 bits per heavy atom. The third-order valence-corrected chi connectivity index (χ3v) is 3.32. The number of likely N-dealkylation sites (N-methyl/N-ethyl adjacent to an activating group) is 1. The summed E-state index contributed by atoms with van der Waals surface area (Å²) < 4.78 is 5.30. The van der Waals surface area contributed by atoms with Gasteiger partial charge in [-0.1, -0.05) is 6.07 Å². The summed E-state index contributed by atoms with van der Waals surface area (Å²) in [6.45, 7) is 2.58. The van der Waals surface area contributed by atoms with Crippen LogP contribution in [-0.4, -0.2) is 24.6 Å². The lowest BCUT2D eigenvalue weighted by Gasteiger charge is -2.19. The van der Waals surface area contributed by atoms with Crippen molar-refractivity contribution in [3.05, 3.63) is 22.4 Å². The number of cyclic esters (lactones) is 1. The van der Waals surface area contributed by atoms with E-state index < -0.39 is 5.60 Å². The molecule has 13 heavy (non-hydrogen) atoms. The van der Waals surface area contributed by atoms with E-state index in [1.165, 1.54) is 0 Å². The molecular formula is C9H11NO2S. The highest BCUT2D eigenvalue weighted by atomic mass is 32.1. The highest BCUT2D eigenvalue weighted by Crippen LogP contribution is 2.34. The highest BCUT2D eigenvalue weighted by molar-refractivity contribution is 7.10. The number of hydrogen-bond donors (Lipinski definition) is 0. The summed E-state index contributed by atoms with van der Waals surface area (Å²) >= 11 is 1.62. The average molecular weight is 197 g/mol. The molecule has 0 radical (unpaired) electrons. The van der Waals surface area contributed by atoms with E-state index in [0.29, 0.717) is 6.54 Å². The zero-order valence-electron chi connectivity index (χ0n) is 7.61. The second-order valence-corrected chi connectivity index (χ2v) is 4.38. The average Bonchev–Trinajstić information content (AvgIpc) is 2.61. The molecule has 2 heterocycles. The standard InChI is InChI=1S/C9H11NO2S/c1-9(7-4-3-5-13-7)6-10(2)8(11)12-9/h3-5H,6H2,1-2H3. The number of amides is 1. The maximum atomic E-state index is 11.2. The Morgan fingerprint density at radius 3 is 2.92 bits per heavy atom. The summed E-state index contributed by atoms with van der Waals surface area (Å²) in [6, 6.07) is 3.97. The first-order chi connectivity index (χ1) is 6.12. The van der Waals surface area contributed by atoms with Crippen LogP contribution in [0.2, 0.25) is 0 Å². The Bertz CT molecular complexity index is 322. The van der Waals surface area contributed by atoms with Crippen molar-refractivity contribution in [1.29, 1.82) is 0 Å². The quantitative estimate of drug-likeness (QED) is 0.689. The largest absolute Gasteiger partial charge is 0.435 e. The van der Waals surface area contributed by atoms with Crippen LogP contribution in [0, 0.1) is 0 Å². The summed E-state index contributed by atoms with van der Waals surface area (Å²) in [7, 11) is 1.75. The third kappa shape index (κ3) is 1.31. The van der Waals surface area contributed by atoms with Crippen LogP contribution >= 0.6 is 11.3 Å². The molecule has 0 aliphatic carbocycles. The number of thiophene rings is 1. The van der Waals surface area contributed by atoms with Crippen molar-refractivity contribution in [2.45, 2.75) is 12.5 Å². The first-order valence-corrected chi connectivity index (χ1v) is 4.98. The van der Waals surface area contributed by atoms with Gasteiger partial charge in [-0.3, -0.25) is 0 Å². The number of nitrogens with zero attached hydrogens (tertiary/aromatic N) is 1. The van der Waals surface area contributed by atoms with E-state index in [1.807, 2.05) is 24.4 Å². The first-order valence-electron chi connectivity index (χ1n) is 4.10. The Labute approximate surface area is 80.9 Å². The van der Waals surface area contributed by atoms with E-state index in [2.05, 4.69) is 0 Å². The number of rotatable bonds is 1. The summed E-state index contributed by atoms with van der Waals surface area (Å²) in [5.41, 5.74) is -0.444. The van der Waals surface area contributed by atoms with Crippen molar-refractivity contribution in [1.82, 2.24) is 4.90 Å². The van der Waals surface area contributed by atoms with E-state index in [1.54, 1.807) is 23.3 Å². The Balaban J connectivity index is 2.29. The van der Waals surface area contributed by atoms with Crippen LogP contribution in [0.15, 0.2) is 17.5 Å². The zero-order valence-corrected chi connectivity index (χ0v) is 8.43. The molecule has 1 aliphatic rings. The predicted octanol–water partition coefficient (Wildman–Crippen LogP) is 2.05. The maximum Gasteiger partial charge on any atom is 0.410 e. The smallest absolute Gasteiger partial charge is 0.410 e. The first kappa shape index (κ1) is 8.56. The van der Waals surface area contributed by atoms with Crippen molar-refractivity contribution < 1.29 is 9.53 Å². The molecule has 4 heteroatoms. The molecule has 1 atom stereocenters. The van der Waals surface area contributed by atoms with E-state index in [0.717, 1.165) is 4.88 Å². The van der Waals surface area contributed by atoms with E-state index in [-0.39, 0.29) is 6.09 Å². The van der Waals surface area contributed by atoms with Crippen molar-refractivity contribution in [2.75, 3.05) is 13.6 Å². The maximum absolute atomic E-state index is 11.2. The molecule has 1 aliphatic heterocycles. The molecule has 1 saturated heterocycles. The van der Waals surface area contributed by atoms with Gasteiger partial charge >= 0.3 is 6.09 Å². The molecule has 1 amide bonds. The summed E-state index contributed by atoms with van der Waals surface area (Å²) in [6.07, 6.45) is -0.240. The minimum Gasteiger partial charge on any atom is -0.435 e. The van der Waals surface area contributed by atoms with Crippen LogP contribution < -0.4 is 0 Å². The van der Waals surface area contributed by atoms with Gasteiger partial charge in [0.1, 0.15) is 0 Å². The molecule has 1 aromatic rings. The molecular weight excluding hydrogens is 186 g/mol. The third-order valence-electron chi connectivity index (χ3n) is 2.21. The second kappa shape index (κ2) is 2.73. The van der Waals surface area contributed by atoms with Crippen molar-refractivity contribution in [3.63, 3.8) is 0 Å². The van der Waals surface area contributed by atoms with Crippen molar-refractivity contribution >= 4 is 17.4 Å². The normalized spacial score (nSPS) is 27.8. The molecule has 0 aromatic carbocycles. The van der Waals surface area contributed by atoms with Crippen LogP contribution in [-0.2, 0) is 10.3 Å².